The van der Waals surface area contributed by atoms with Crippen LogP contribution in [0.4, 0.5) is 0 Å². The number of unbranched alkanes of at least 4 members (excludes halogenated alkanes) is 1. The van der Waals surface area contributed by atoms with E-state index in [4.69, 9.17) is 0 Å². The highest BCUT2D eigenvalue weighted by atomic mass is 16.9. The molecule has 11 heavy (non-hydrogen) atoms. The summed E-state index contributed by atoms with van der Waals surface area (Å²) in [5, 5.41) is 18.4. The fourth-order valence-corrected chi connectivity index (χ4v) is 0.482. The molecule has 0 atom stereocenters. The van der Waals surface area contributed by atoms with Crippen molar-refractivity contribution in [3.8, 4) is 0 Å². The van der Waals surface area contributed by atoms with Crippen LogP contribution in [0.3, 0.4) is 0 Å². The lowest BCUT2D eigenvalue weighted by molar-refractivity contribution is -0.757. The van der Waals surface area contributed by atoms with Gasteiger partial charge >= 0.3 is 0 Å². The molecule has 0 N–H and O–H groups in total. The largest absolute Gasteiger partial charge is 0.314 e. The van der Waals surface area contributed by atoms with Crippen molar-refractivity contribution >= 4 is 0 Å². The van der Waals surface area contributed by atoms with Gasteiger partial charge in [-0.2, -0.15) is 0 Å². The Bertz CT molecular complexity index is 131. The molecule has 0 aliphatic heterocycles. The molecule has 0 fully saturated rings. The van der Waals surface area contributed by atoms with Gasteiger partial charge in [0, 0.05) is 11.3 Å². The second-order valence-electron chi connectivity index (χ2n) is 1.82. The predicted molar refractivity (Wildman–Crippen MR) is 34.0 cm³/mol. The maximum absolute atomic E-state index is 9.73. The van der Waals surface area contributed by atoms with Crippen LogP contribution in [0.1, 0.15) is 12.8 Å². The first kappa shape index (κ1) is 9.60. The minimum Gasteiger partial charge on any atom is -0.314 e. The van der Waals surface area contributed by atoms with Gasteiger partial charge in [0.15, 0.2) is 0 Å². The van der Waals surface area contributed by atoms with E-state index in [1.165, 1.54) is 0 Å². The fraction of sp³-hybridized carbons (Fsp3) is 1.00. The Labute approximate surface area is 62.2 Å². The maximum atomic E-state index is 9.73. The van der Waals surface area contributed by atoms with Gasteiger partial charge in [-0.1, -0.05) is 0 Å². The summed E-state index contributed by atoms with van der Waals surface area (Å²) >= 11 is 0. The van der Waals surface area contributed by atoms with Gasteiger partial charge in [-0.05, 0) is 6.42 Å². The van der Waals surface area contributed by atoms with Crippen LogP contribution in [0, 0.1) is 20.2 Å². The van der Waals surface area contributed by atoms with Gasteiger partial charge in [-0.15, -0.1) is 10.1 Å². The van der Waals surface area contributed by atoms with Crippen LogP contribution < -0.4 is 0 Å². The highest BCUT2D eigenvalue weighted by molar-refractivity contribution is 4.34. The van der Waals surface area contributed by atoms with Gasteiger partial charge in [0.25, 0.3) is 5.09 Å². The second-order valence-corrected chi connectivity index (χ2v) is 1.82. The third kappa shape index (κ3) is 8.60. The molecule has 0 aromatic heterocycles. The first-order valence-electron chi connectivity index (χ1n) is 3.02. The smallest absolute Gasteiger partial charge is 0.294 e. The first-order valence-corrected chi connectivity index (χ1v) is 3.02. The molecule has 0 aliphatic rings. The average Bonchev–Trinajstić information content (AvgIpc) is 1.85. The summed E-state index contributed by atoms with van der Waals surface area (Å²) in [7, 11) is 0. The third-order valence-corrected chi connectivity index (χ3v) is 0.932. The molecular formula is C4H8N2O5. The van der Waals surface area contributed by atoms with Gasteiger partial charge in [0.2, 0.25) is 6.54 Å². The van der Waals surface area contributed by atoms with E-state index in [1.807, 2.05) is 0 Å². The Morgan fingerprint density at radius 1 is 1.18 bits per heavy atom. The van der Waals surface area contributed by atoms with E-state index in [0.717, 1.165) is 0 Å². The molecule has 0 unspecified atom stereocenters. The first-order chi connectivity index (χ1) is 5.13. The van der Waals surface area contributed by atoms with E-state index in [1.54, 1.807) is 0 Å². The Morgan fingerprint density at radius 2 is 1.82 bits per heavy atom. The number of rotatable bonds is 6. The zero-order valence-corrected chi connectivity index (χ0v) is 5.76. The van der Waals surface area contributed by atoms with Crippen molar-refractivity contribution in [2.45, 2.75) is 12.8 Å². The molecule has 0 bridgehead atoms. The van der Waals surface area contributed by atoms with Crippen LogP contribution in [-0.4, -0.2) is 23.2 Å². The van der Waals surface area contributed by atoms with Gasteiger partial charge < -0.3 is 4.84 Å². The molecule has 0 saturated carbocycles. The molecule has 0 rings (SSSR count). The molecule has 0 saturated heterocycles. The molecule has 7 heteroatoms. The molecular weight excluding hydrogens is 156 g/mol. The minimum absolute atomic E-state index is 0.0686. The van der Waals surface area contributed by atoms with Crippen LogP contribution in [0.2, 0.25) is 0 Å². The van der Waals surface area contributed by atoms with E-state index in [2.05, 4.69) is 4.84 Å². The highest BCUT2D eigenvalue weighted by Crippen LogP contribution is 1.90. The summed E-state index contributed by atoms with van der Waals surface area (Å²) in [5.74, 6) is 0. The van der Waals surface area contributed by atoms with Crippen molar-refractivity contribution in [2.75, 3.05) is 13.2 Å². The van der Waals surface area contributed by atoms with E-state index >= 15 is 0 Å². The number of hydrogen-bond acceptors (Lipinski definition) is 5. The minimum atomic E-state index is -0.911. The normalized spacial score (nSPS) is 9.09. The predicted octanol–water partition coefficient (Wildman–Crippen LogP) is 0.252. The Balaban J connectivity index is 3.03. The lowest BCUT2D eigenvalue weighted by Crippen LogP contribution is -2.05. The average molecular weight is 164 g/mol. The van der Waals surface area contributed by atoms with Gasteiger partial charge in [-0.3, -0.25) is 10.1 Å². The number of hydrogen-bond donors (Lipinski definition) is 0. The Hall–Kier alpha value is -1.40. The summed E-state index contributed by atoms with van der Waals surface area (Å²) in [4.78, 5) is 22.7. The van der Waals surface area contributed by atoms with Gasteiger partial charge in [0.05, 0.1) is 6.61 Å². The van der Waals surface area contributed by atoms with Crippen LogP contribution in [0.15, 0.2) is 0 Å². The van der Waals surface area contributed by atoms with Crippen LogP contribution in [0.25, 0.3) is 0 Å². The summed E-state index contributed by atoms with van der Waals surface area (Å²) in [5.41, 5.74) is 0. The van der Waals surface area contributed by atoms with Crippen molar-refractivity contribution in [3.05, 3.63) is 20.2 Å². The molecule has 0 radical (unpaired) electrons. The quantitative estimate of drug-likeness (QED) is 0.318. The highest BCUT2D eigenvalue weighted by Gasteiger charge is 1.98. The van der Waals surface area contributed by atoms with Crippen molar-refractivity contribution < 1.29 is 14.8 Å². The molecule has 0 aromatic rings. The van der Waals surface area contributed by atoms with E-state index < -0.39 is 10.0 Å². The number of nitrogens with zero attached hydrogens (tertiary/aromatic N) is 2. The lowest BCUT2D eigenvalue weighted by atomic mass is 10.3. The Morgan fingerprint density at radius 3 is 2.27 bits per heavy atom. The second kappa shape index (κ2) is 5.39. The van der Waals surface area contributed by atoms with E-state index in [-0.39, 0.29) is 13.2 Å². The number of nitro groups is 1. The zero-order chi connectivity index (χ0) is 8.69. The zero-order valence-electron chi connectivity index (χ0n) is 5.76. The van der Waals surface area contributed by atoms with Crippen molar-refractivity contribution in [3.63, 3.8) is 0 Å². The molecule has 7 nitrogen and oxygen atoms in total. The van der Waals surface area contributed by atoms with E-state index in [0.29, 0.717) is 12.8 Å². The summed E-state index contributed by atoms with van der Waals surface area (Å²) in [6, 6.07) is 0. The third-order valence-electron chi connectivity index (χ3n) is 0.932. The molecule has 0 heterocycles. The van der Waals surface area contributed by atoms with Crippen LogP contribution in [0.5, 0.6) is 0 Å². The summed E-state index contributed by atoms with van der Waals surface area (Å²) < 4.78 is 0. The molecule has 0 aromatic carbocycles. The van der Waals surface area contributed by atoms with Crippen molar-refractivity contribution in [1.82, 2.24) is 0 Å². The molecule has 64 valence electrons. The van der Waals surface area contributed by atoms with Crippen molar-refractivity contribution in [2.24, 2.45) is 0 Å². The Kier molecular flexibility index (Phi) is 4.70. The van der Waals surface area contributed by atoms with Gasteiger partial charge in [0.1, 0.15) is 0 Å². The molecule has 0 amide bonds. The van der Waals surface area contributed by atoms with Crippen LogP contribution in [-0.2, 0) is 4.84 Å². The fourth-order valence-electron chi connectivity index (χ4n) is 0.482. The van der Waals surface area contributed by atoms with Crippen molar-refractivity contribution in [1.29, 1.82) is 0 Å². The summed E-state index contributed by atoms with van der Waals surface area (Å²) in [6.07, 6.45) is 0.642. The monoisotopic (exact) mass is 164 g/mol. The molecule has 0 spiro atoms. The van der Waals surface area contributed by atoms with E-state index in [9.17, 15) is 20.2 Å². The lowest BCUT2D eigenvalue weighted by Gasteiger charge is -1.94. The SMILES string of the molecule is O=[N+]([O-])CCCCO[N+](=O)[O-]. The van der Waals surface area contributed by atoms with Crippen LogP contribution >= 0.6 is 0 Å². The standard InChI is InChI=1S/C4H8N2O5/c7-5(8)3-1-2-4-11-6(9)10/h1-4H2. The van der Waals surface area contributed by atoms with Gasteiger partial charge in [-0.25, -0.2) is 0 Å². The topological polar surface area (TPSA) is 95.5 Å². The summed E-state index contributed by atoms with van der Waals surface area (Å²) in [6.45, 7) is -0.234. The molecule has 0 aliphatic carbocycles. The maximum Gasteiger partial charge on any atom is 0.294 e.